The van der Waals surface area contributed by atoms with Crippen LogP contribution in [0.15, 0.2) is 188 Å². The van der Waals surface area contributed by atoms with E-state index in [1.165, 1.54) is 0 Å². The van der Waals surface area contributed by atoms with E-state index in [2.05, 4.69) is 60.7 Å². The maximum Gasteiger partial charge on any atom is 0.416 e. The molecule has 5 aromatic heterocycles. The van der Waals surface area contributed by atoms with Gasteiger partial charge in [-0.3, -0.25) is 23.7 Å². The molecule has 5 heterocycles. The van der Waals surface area contributed by atoms with E-state index in [1.807, 2.05) is 125 Å². The van der Waals surface area contributed by atoms with Crippen LogP contribution in [0.2, 0.25) is 0 Å². The van der Waals surface area contributed by atoms with Gasteiger partial charge in [-0.2, -0.15) is 23.4 Å². The number of halogens is 4. The topological polar surface area (TPSA) is 217 Å². The summed E-state index contributed by atoms with van der Waals surface area (Å²) in [5.41, 5.74) is 5.94. The fraction of sp³-hybridized carbons (Fsp3) is 0.239. The van der Waals surface area contributed by atoms with Gasteiger partial charge >= 0.3 is 18.1 Å². The van der Waals surface area contributed by atoms with E-state index in [4.69, 9.17) is 43.6 Å². The van der Waals surface area contributed by atoms with Crippen molar-refractivity contribution < 1.29 is 56.0 Å². The molecule has 10 aromatic rings. The molecule has 0 saturated heterocycles. The van der Waals surface area contributed by atoms with Crippen molar-refractivity contribution in [1.82, 2.24) is 34.5 Å². The molecule has 0 bridgehead atoms. The number of hydrogen-bond acceptors (Lipinski definition) is 16. The summed E-state index contributed by atoms with van der Waals surface area (Å²) in [5, 5.41) is 20.9. The highest BCUT2D eigenvalue weighted by Gasteiger charge is 2.33. The molecule has 0 aliphatic heterocycles. The molecule has 0 fully saturated rings. The number of nitrogens with one attached hydrogen (secondary N) is 3. The number of carbonyl (C=O) groups is 3. The van der Waals surface area contributed by atoms with Gasteiger partial charge in [0, 0.05) is 66.1 Å². The Labute approximate surface area is 553 Å². The summed E-state index contributed by atoms with van der Waals surface area (Å²) in [4.78, 5) is 52.4. The first-order valence-electron chi connectivity index (χ1n) is 30.2. The predicted octanol–water partition coefficient (Wildman–Crippen LogP) is 14.6. The van der Waals surface area contributed by atoms with Crippen LogP contribution in [0.25, 0.3) is 33.1 Å². The minimum atomic E-state index is -4.58. The molecule has 1 amide bonds. The van der Waals surface area contributed by atoms with Crippen LogP contribution in [-0.2, 0) is 51.5 Å². The Morgan fingerprint density at radius 1 is 0.574 bits per heavy atom. The lowest BCUT2D eigenvalue weighted by Gasteiger charge is -2.24. The summed E-state index contributed by atoms with van der Waals surface area (Å²) < 4.78 is 77.6. The van der Waals surface area contributed by atoms with Gasteiger partial charge in [-0.05, 0) is 120 Å². The average Bonchev–Trinajstić information content (AvgIpc) is 1.61. The number of esters is 2. The van der Waals surface area contributed by atoms with Crippen LogP contribution < -0.4 is 34.9 Å². The zero-order valence-electron chi connectivity index (χ0n) is 51.7. The van der Waals surface area contributed by atoms with E-state index in [0.717, 1.165) is 78.0 Å². The van der Waals surface area contributed by atoms with E-state index in [0.29, 0.717) is 72.7 Å². The summed E-state index contributed by atoms with van der Waals surface area (Å²) in [7, 11) is 6.45. The number of benzene rings is 5. The molecule has 5 aromatic carbocycles. The number of pyridine rings is 3. The standard InChI is InChI=1S/C42H37F3N6O5.C29H29IN4O4/c1-54-33-16-15-30(35(23-33)55-2)24-48-39-37-34(18-20-47-39)51(32-10-6-9-29(21-32)41(53)56-25-26-7-4-3-5-8-26)50-38(37)27-11-13-28(14-12-27)40(52)49-36-22-31(17-19-46-36)42(43,44)45;1-36-23-12-11-21(25(16-23)37-2)17-32-28-26-24(13-14-31-28)34(33-27(26)30)22-10-6-9-20(15-22)29(35)38-18-19-7-4-3-5-8-19/h3-8,10-20,22-23,29,32H,9,21,24-25H2,1-2H3,(H,47,48)(H,46,49,52);3-8,10-14,16,20,22H,9,15,17-18H2,1-2H3,(H,31,32)/t29-,32-;20-,22-/m11/s1. The number of allylic oxidation sites excluding steroid dienone is 4. The lowest BCUT2D eigenvalue weighted by atomic mass is 9.91. The van der Waals surface area contributed by atoms with E-state index < -0.39 is 17.6 Å². The Balaban J connectivity index is 0.000000206. The highest BCUT2D eigenvalue weighted by Crippen LogP contribution is 2.40. The number of rotatable bonds is 21. The molecular formula is C71H66F3IN10O9. The normalized spacial score (nSPS) is 15.9. The first kappa shape index (κ1) is 65.2. The summed E-state index contributed by atoms with van der Waals surface area (Å²) in [6.07, 6.45) is 10.3. The molecule has 94 heavy (non-hydrogen) atoms. The predicted molar refractivity (Wildman–Crippen MR) is 358 cm³/mol. The average molecular weight is 1390 g/mol. The van der Waals surface area contributed by atoms with E-state index in [9.17, 15) is 27.6 Å². The van der Waals surface area contributed by atoms with Crippen molar-refractivity contribution in [2.75, 3.05) is 44.4 Å². The highest BCUT2D eigenvalue weighted by molar-refractivity contribution is 14.1. The van der Waals surface area contributed by atoms with Gasteiger partial charge < -0.3 is 44.4 Å². The zero-order chi connectivity index (χ0) is 65.7. The Bertz CT molecular complexity index is 4380. The van der Waals surface area contributed by atoms with Crippen LogP contribution in [0.4, 0.5) is 30.6 Å². The first-order chi connectivity index (χ1) is 45.7. The number of nitrogens with zero attached hydrogens (tertiary/aromatic N) is 7. The molecule has 0 unspecified atom stereocenters. The van der Waals surface area contributed by atoms with Gasteiger partial charge in [0.1, 0.15) is 63.1 Å². The second-order valence-corrected chi connectivity index (χ2v) is 23.2. The van der Waals surface area contributed by atoms with Gasteiger partial charge in [-0.25, -0.2) is 15.0 Å². The monoisotopic (exact) mass is 1390 g/mol. The second-order valence-electron chi connectivity index (χ2n) is 22.2. The van der Waals surface area contributed by atoms with Crippen molar-refractivity contribution in [3.63, 3.8) is 0 Å². The molecule has 23 heteroatoms. The smallest absolute Gasteiger partial charge is 0.416 e. The van der Waals surface area contributed by atoms with Gasteiger partial charge in [-0.1, -0.05) is 97.1 Å². The van der Waals surface area contributed by atoms with Gasteiger partial charge in [0.25, 0.3) is 5.91 Å². The molecule has 4 atom stereocenters. The quantitative estimate of drug-likeness (QED) is 0.0346. The van der Waals surface area contributed by atoms with Crippen LogP contribution in [0.1, 0.15) is 75.9 Å². The van der Waals surface area contributed by atoms with E-state index >= 15 is 0 Å². The summed E-state index contributed by atoms with van der Waals surface area (Å²) in [6, 6.07) is 42.2. The van der Waals surface area contributed by atoms with E-state index in [-0.39, 0.29) is 60.5 Å². The number of methoxy groups -OCH3 is 4. The first-order valence-corrected chi connectivity index (χ1v) is 31.2. The number of carbonyl (C=O) groups excluding carboxylic acids is 3. The number of aromatic nitrogens is 7. The molecule has 0 radical (unpaired) electrons. The lowest BCUT2D eigenvalue weighted by molar-refractivity contribution is -0.151. The molecular weight excluding hydrogens is 1320 g/mol. The highest BCUT2D eigenvalue weighted by atomic mass is 127. The van der Waals surface area contributed by atoms with Gasteiger partial charge in [0.15, 0.2) is 0 Å². The molecule has 3 N–H and O–H groups in total. The second kappa shape index (κ2) is 30.0. The number of fused-ring (bicyclic) bond motifs is 2. The van der Waals surface area contributed by atoms with Crippen LogP contribution in [0.5, 0.6) is 23.0 Å². The van der Waals surface area contributed by atoms with Crippen LogP contribution in [0, 0.1) is 15.5 Å². The fourth-order valence-electron chi connectivity index (χ4n) is 11.3. The van der Waals surface area contributed by atoms with Crippen LogP contribution >= 0.6 is 22.6 Å². The van der Waals surface area contributed by atoms with Gasteiger partial charge in [-0.15, -0.1) is 0 Å². The number of hydrogen-bond donors (Lipinski definition) is 3. The van der Waals surface area contributed by atoms with Crippen LogP contribution in [0.3, 0.4) is 0 Å². The molecule has 12 rings (SSSR count). The van der Waals surface area contributed by atoms with Crippen molar-refractivity contribution in [3.05, 3.63) is 226 Å². The van der Waals surface area contributed by atoms with Crippen LogP contribution in [-0.4, -0.2) is 80.8 Å². The largest absolute Gasteiger partial charge is 0.497 e. The maximum absolute atomic E-state index is 13.3. The van der Waals surface area contributed by atoms with Crippen molar-refractivity contribution in [1.29, 1.82) is 0 Å². The summed E-state index contributed by atoms with van der Waals surface area (Å²) in [6.45, 7) is 1.35. The Kier molecular flexibility index (Phi) is 20.8. The minimum Gasteiger partial charge on any atom is -0.497 e. The van der Waals surface area contributed by atoms with Gasteiger partial charge in [0.05, 0.1) is 79.7 Å². The molecule has 19 nitrogen and oxygen atoms in total. The molecule has 482 valence electrons. The zero-order valence-corrected chi connectivity index (χ0v) is 53.8. The third-order valence-corrected chi connectivity index (χ3v) is 16.9. The molecule has 2 aliphatic carbocycles. The van der Waals surface area contributed by atoms with Gasteiger partial charge in [0.2, 0.25) is 0 Å². The van der Waals surface area contributed by atoms with E-state index in [1.54, 1.807) is 71.2 Å². The number of ether oxygens (including phenoxy) is 6. The summed E-state index contributed by atoms with van der Waals surface area (Å²) in [5.74, 6) is 2.13. The number of amides is 1. The maximum atomic E-state index is 13.3. The third-order valence-electron chi connectivity index (χ3n) is 16.2. The third kappa shape index (κ3) is 15.4. The SMILES string of the molecule is COc1ccc(CNc2nccc3c2c(-c2ccc(C(=O)Nc4cc(C(F)(F)F)ccn4)cc2)nn3[C@@H]2C=CC[C@@H](C(=O)OCc3ccccc3)C2)c(OC)c1.COc1ccc(CNc2nccc3c2c(I)nn3[C@@H]2C=CC[C@@H](C(=O)OCc3ccccc3)C2)c(OC)c1. The Morgan fingerprint density at radius 3 is 1.59 bits per heavy atom. The lowest BCUT2D eigenvalue weighted by Crippen LogP contribution is -2.24. The fourth-order valence-corrected chi connectivity index (χ4v) is 12.0. The Hall–Kier alpha value is -10.3. The number of alkyl halides is 3. The summed E-state index contributed by atoms with van der Waals surface area (Å²) >= 11 is 2.25. The Morgan fingerprint density at radius 2 is 1.07 bits per heavy atom. The minimum absolute atomic E-state index is 0.0547. The van der Waals surface area contributed by atoms with Crippen molar-refractivity contribution in [2.45, 2.75) is 70.2 Å². The molecule has 0 saturated carbocycles. The van der Waals surface area contributed by atoms with Crippen molar-refractivity contribution in [3.8, 4) is 34.3 Å². The number of anilines is 3. The molecule has 2 aliphatic rings. The van der Waals surface area contributed by atoms with Crippen molar-refractivity contribution in [2.24, 2.45) is 11.8 Å². The van der Waals surface area contributed by atoms with Crippen molar-refractivity contribution >= 4 is 79.7 Å². The molecule has 0 spiro atoms.